The summed E-state index contributed by atoms with van der Waals surface area (Å²) in [7, 11) is 3.18. The molecule has 2 aromatic rings. The Morgan fingerprint density at radius 3 is 2.28 bits per heavy atom. The smallest absolute Gasteiger partial charge is 0.160 e. The lowest BCUT2D eigenvalue weighted by Crippen LogP contribution is -1.88. The average Bonchev–Trinajstić information content (AvgIpc) is 2.38. The number of benzene rings is 2. The molecule has 0 aliphatic heterocycles. The van der Waals surface area contributed by atoms with Gasteiger partial charge in [0.05, 0.1) is 14.2 Å². The molecule has 0 bridgehead atoms. The maximum Gasteiger partial charge on any atom is 0.160 e. The van der Waals surface area contributed by atoms with Crippen LogP contribution in [-0.4, -0.2) is 19.3 Å². The molecule has 0 saturated heterocycles. The zero-order valence-electron chi connectivity index (χ0n) is 10.7. The quantitative estimate of drug-likeness (QED) is 0.899. The Morgan fingerprint density at radius 2 is 1.72 bits per heavy atom. The SMILES string of the molecule is COc1ccc(-c2ccc(OC)c(O)c2)c(C)c1. The molecule has 0 aliphatic rings. The lowest BCUT2D eigenvalue weighted by molar-refractivity contribution is 0.373. The zero-order valence-corrected chi connectivity index (χ0v) is 10.7. The third kappa shape index (κ3) is 2.25. The van der Waals surface area contributed by atoms with Crippen molar-refractivity contribution in [2.75, 3.05) is 14.2 Å². The van der Waals surface area contributed by atoms with Gasteiger partial charge in [-0.1, -0.05) is 12.1 Å². The molecule has 94 valence electrons. The number of aromatic hydroxyl groups is 1. The van der Waals surface area contributed by atoms with Crippen LogP contribution in [0, 0.1) is 6.92 Å². The minimum Gasteiger partial charge on any atom is -0.504 e. The van der Waals surface area contributed by atoms with Crippen LogP contribution in [0.2, 0.25) is 0 Å². The van der Waals surface area contributed by atoms with Gasteiger partial charge in [-0.2, -0.15) is 0 Å². The second-order valence-electron chi connectivity index (χ2n) is 4.07. The van der Waals surface area contributed by atoms with Gasteiger partial charge in [0.25, 0.3) is 0 Å². The van der Waals surface area contributed by atoms with Gasteiger partial charge in [-0.3, -0.25) is 0 Å². The Balaban J connectivity index is 2.45. The summed E-state index contributed by atoms with van der Waals surface area (Å²) < 4.78 is 10.2. The van der Waals surface area contributed by atoms with E-state index >= 15 is 0 Å². The second-order valence-corrected chi connectivity index (χ2v) is 4.07. The summed E-state index contributed by atoms with van der Waals surface area (Å²) in [6.45, 7) is 2.01. The maximum absolute atomic E-state index is 9.79. The van der Waals surface area contributed by atoms with Gasteiger partial charge >= 0.3 is 0 Å². The van der Waals surface area contributed by atoms with E-state index in [4.69, 9.17) is 9.47 Å². The third-order valence-electron chi connectivity index (χ3n) is 2.92. The van der Waals surface area contributed by atoms with E-state index in [0.29, 0.717) is 5.75 Å². The predicted octanol–water partition coefficient (Wildman–Crippen LogP) is 3.38. The molecule has 2 rings (SSSR count). The molecule has 1 N–H and O–H groups in total. The van der Waals surface area contributed by atoms with E-state index in [1.807, 2.05) is 31.2 Å². The van der Waals surface area contributed by atoms with Crippen molar-refractivity contribution in [1.29, 1.82) is 0 Å². The van der Waals surface area contributed by atoms with Crippen molar-refractivity contribution in [3.05, 3.63) is 42.0 Å². The number of ether oxygens (including phenoxy) is 2. The number of phenolic OH excluding ortho intramolecular Hbond substituents is 1. The van der Waals surface area contributed by atoms with Crippen molar-refractivity contribution in [2.24, 2.45) is 0 Å². The summed E-state index contributed by atoms with van der Waals surface area (Å²) in [5, 5.41) is 9.79. The van der Waals surface area contributed by atoms with Crippen LogP contribution in [0.1, 0.15) is 5.56 Å². The van der Waals surface area contributed by atoms with E-state index in [0.717, 1.165) is 22.4 Å². The number of phenols is 1. The molecule has 0 amide bonds. The predicted molar refractivity (Wildman–Crippen MR) is 71.4 cm³/mol. The molecule has 18 heavy (non-hydrogen) atoms. The third-order valence-corrected chi connectivity index (χ3v) is 2.92. The molecular formula is C15H16O3. The summed E-state index contributed by atoms with van der Waals surface area (Å²) in [6.07, 6.45) is 0. The van der Waals surface area contributed by atoms with Crippen LogP contribution >= 0.6 is 0 Å². The highest BCUT2D eigenvalue weighted by atomic mass is 16.5. The molecule has 2 aromatic carbocycles. The van der Waals surface area contributed by atoms with Crippen molar-refractivity contribution >= 4 is 0 Å². The van der Waals surface area contributed by atoms with E-state index in [1.165, 1.54) is 7.11 Å². The van der Waals surface area contributed by atoms with Crippen molar-refractivity contribution in [2.45, 2.75) is 6.92 Å². The summed E-state index contributed by atoms with van der Waals surface area (Å²) in [6, 6.07) is 11.2. The van der Waals surface area contributed by atoms with Crippen molar-refractivity contribution < 1.29 is 14.6 Å². The Hall–Kier alpha value is -2.16. The van der Waals surface area contributed by atoms with E-state index < -0.39 is 0 Å². The lowest BCUT2D eigenvalue weighted by atomic mass is 10.00. The van der Waals surface area contributed by atoms with Gasteiger partial charge in [0.2, 0.25) is 0 Å². The first kappa shape index (κ1) is 12.3. The number of hydrogen-bond donors (Lipinski definition) is 1. The Kier molecular flexibility index (Phi) is 3.42. The molecule has 0 radical (unpaired) electrons. The largest absolute Gasteiger partial charge is 0.504 e. The first-order chi connectivity index (χ1) is 8.65. The molecule has 0 spiro atoms. The number of methoxy groups -OCH3 is 2. The first-order valence-electron chi connectivity index (χ1n) is 5.67. The van der Waals surface area contributed by atoms with Gasteiger partial charge in [-0.05, 0) is 47.9 Å². The fraction of sp³-hybridized carbons (Fsp3) is 0.200. The van der Waals surface area contributed by atoms with E-state index in [2.05, 4.69) is 0 Å². The second kappa shape index (κ2) is 5.00. The average molecular weight is 244 g/mol. The van der Waals surface area contributed by atoms with Crippen molar-refractivity contribution in [1.82, 2.24) is 0 Å². The van der Waals surface area contributed by atoms with Gasteiger partial charge in [-0.15, -0.1) is 0 Å². The minimum absolute atomic E-state index is 0.144. The van der Waals surface area contributed by atoms with Gasteiger partial charge in [0, 0.05) is 0 Å². The van der Waals surface area contributed by atoms with Gasteiger partial charge in [0.15, 0.2) is 11.5 Å². The Morgan fingerprint density at radius 1 is 0.944 bits per heavy atom. The summed E-state index contributed by atoms with van der Waals surface area (Å²) in [5.41, 5.74) is 3.11. The maximum atomic E-state index is 9.79. The Labute approximate surface area is 107 Å². The highest BCUT2D eigenvalue weighted by Crippen LogP contribution is 2.33. The summed E-state index contributed by atoms with van der Waals surface area (Å²) in [4.78, 5) is 0. The fourth-order valence-corrected chi connectivity index (χ4v) is 1.94. The number of aryl methyl sites for hydroxylation is 1. The molecule has 0 atom stereocenters. The molecule has 0 aromatic heterocycles. The van der Waals surface area contributed by atoms with E-state index in [9.17, 15) is 5.11 Å². The van der Waals surface area contributed by atoms with Crippen LogP contribution in [0.15, 0.2) is 36.4 Å². The van der Waals surface area contributed by atoms with Crippen LogP contribution in [0.3, 0.4) is 0 Å². The van der Waals surface area contributed by atoms with Crippen LogP contribution in [0.5, 0.6) is 17.2 Å². The molecule has 3 nitrogen and oxygen atoms in total. The summed E-state index contributed by atoms with van der Waals surface area (Å²) in [5.74, 6) is 1.45. The van der Waals surface area contributed by atoms with Crippen LogP contribution in [-0.2, 0) is 0 Å². The normalized spacial score (nSPS) is 10.2. The van der Waals surface area contributed by atoms with E-state index in [-0.39, 0.29) is 5.75 Å². The molecular weight excluding hydrogens is 228 g/mol. The highest BCUT2D eigenvalue weighted by molar-refractivity contribution is 5.70. The van der Waals surface area contributed by atoms with E-state index in [1.54, 1.807) is 19.2 Å². The fourth-order valence-electron chi connectivity index (χ4n) is 1.94. The number of rotatable bonds is 3. The Bertz CT molecular complexity index is 562. The van der Waals surface area contributed by atoms with Crippen molar-refractivity contribution in [3.63, 3.8) is 0 Å². The zero-order chi connectivity index (χ0) is 13.1. The lowest BCUT2D eigenvalue weighted by Gasteiger charge is -2.10. The standard InChI is InChI=1S/C15H16O3/c1-10-8-12(17-2)5-6-13(10)11-4-7-15(18-3)14(16)9-11/h4-9,16H,1-3H3. The van der Waals surface area contributed by atoms with Gasteiger partial charge in [-0.25, -0.2) is 0 Å². The number of hydrogen-bond acceptors (Lipinski definition) is 3. The van der Waals surface area contributed by atoms with Gasteiger partial charge in [0.1, 0.15) is 5.75 Å². The molecule has 0 heterocycles. The first-order valence-corrected chi connectivity index (χ1v) is 5.67. The highest BCUT2D eigenvalue weighted by Gasteiger charge is 2.07. The molecule has 3 heteroatoms. The van der Waals surface area contributed by atoms with Crippen LogP contribution < -0.4 is 9.47 Å². The molecule has 0 unspecified atom stereocenters. The monoisotopic (exact) mass is 244 g/mol. The summed E-state index contributed by atoms with van der Waals surface area (Å²) >= 11 is 0. The molecule has 0 aliphatic carbocycles. The molecule has 0 saturated carbocycles. The van der Waals surface area contributed by atoms with Crippen LogP contribution in [0.25, 0.3) is 11.1 Å². The topological polar surface area (TPSA) is 38.7 Å². The minimum atomic E-state index is 0.144. The van der Waals surface area contributed by atoms with Gasteiger partial charge < -0.3 is 14.6 Å². The van der Waals surface area contributed by atoms with Crippen LogP contribution in [0.4, 0.5) is 0 Å². The van der Waals surface area contributed by atoms with Crippen molar-refractivity contribution in [3.8, 4) is 28.4 Å². The molecule has 0 fully saturated rings.